The maximum atomic E-state index is 9.68. The maximum Gasteiger partial charge on any atom is 0.379 e. The lowest BCUT2D eigenvalue weighted by Crippen LogP contribution is -2.00. The van der Waals surface area contributed by atoms with E-state index in [4.69, 9.17) is 0 Å². The normalized spacial score (nSPS) is 10.6. The van der Waals surface area contributed by atoms with Crippen molar-refractivity contribution in [3.63, 3.8) is 0 Å². The van der Waals surface area contributed by atoms with E-state index in [0.29, 0.717) is 5.75 Å². The molecule has 0 aromatic heterocycles. The molecule has 0 aliphatic carbocycles. The average Bonchev–Trinajstić information content (AvgIpc) is 2.28. The predicted octanol–water partition coefficient (Wildman–Crippen LogP) is 4.09. The van der Waals surface area contributed by atoms with Gasteiger partial charge in [-0.3, -0.25) is 0 Å². The second-order valence-electron chi connectivity index (χ2n) is 3.79. The molecule has 1 nitrogen and oxygen atoms in total. The number of aromatic hydroxyl groups is 1. The fourth-order valence-corrected chi connectivity index (χ4v) is 2.71. The van der Waals surface area contributed by atoms with Crippen molar-refractivity contribution in [1.82, 2.24) is 0 Å². The van der Waals surface area contributed by atoms with Crippen molar-refractivity contribution in [1.29, 1.82) is 0 Å². The second kappa shape index (κ2) is 6.60. The highest BCUT2D eigenvalue weighted by Gasteiger charge is 2.06. The summed E-state index contributed by atoms with van der Waals surface area (Å²) >= 11 is 0. The summed E-state index contributed by atoms with van der Waals surface area (Å²) in [5, 5.41) is 13.2. The minimum atomic E-state index is -3.67. The highest BCUT2D eigenvalue weighted by molar-refractivity contribution is 7.64. The fraction of sp³-hybridized carbons (Fsp3) is 0.231. The smallest absolute Gasteiger partial charge is 0.379 e. The minimum Gasteiger partial charge on any atom is -0.507 e. The van der Waals surface area contributed by atoms with Gasteiger partial charge in [-0.25, -0.2) is 0 Å². The predicted molar refractivity (Wildman–Crippen MR) is 71.1 cm³/mol. The number of hydrogen-bond acceptors (Lipinski definition) is 1. The van der Waals surface area contributed by atoms with Gasteiger partial charge in [0.1, 0.15) is 5.75 Å². The molecule has 0 heterocycles. The Morgan fingerprint density at radius 3 is 1.94 bits per heavy atom. The van der Waals surface area contributed by atoms with E-state index in [-0.39, 0.29) is 7.92 Å². The molecule has 98 valence electrons. The van der Waals surface area contributed by atoms with Crippen LogP contribution in [0, 0.1) is 0 Å². The minimum absolute atomic E-state index is 0.119. The number of halogens is 3. The SMILES string of the molecule is CP(C)c1ccc(O)c2ccccc12.FC(F)F. The van der Waals surface area contributed by atoms with Gasteiger partial charge >= 0.3 is 6.68 Å². The van der Waals surface area contributed by atoms with Crippen molar-refractivity contribution < 1.29 is 18.3 Å². The molecule has 0 unspecified atom stereocenters. The van der Waals surface area contributed by atoms with Gasteiger partial charge in [0.15, 0.2) is 0 Å². The van der Waals surface area contributed by atoms with Gasteiger partial charge in [-0.1, -0.05) is 38.3 Å². The molecule has 0 radical (unpaired) electrons. The molecule has 2 rings (SSSR count). The third-order valence-electron chi connectivity index (χ3n) is 2.36. The van der Waals surface area contributed by atoms with Crippen LogP contribution in [0.3, 0.4) is 0 Å². The summed E-state index contributed by atoms with van der Waals surface area (Å²) in [6, 6.07) is 11.8. The Morgan fingerprint density at radius 1 is 0.944 bits per heavy atom. The van der Waals surface area contributed by atoms with Gasteiger partial charge in [0, 0.05) is 5.39 Å². The summed E-state index contributed by atoms with van der Waals surface area (Å²) in [5.74, 6) is 0.376. The van der Waals surface area contributed by atoms with Crippen LogP contribution in [-0.4, -0.2) is 25.1 Å². The number of benzene rings is 2. The average molecular weight is 274 g/mol. The number of hydrogen-bond donors (Lipinski definition) is 1. The van der Waals surface area contributed by atoms with Crippen molar-refractivity contribution in [2.45, 2.75) is 6.68 Å². The molecule has 0 aliphatic heterocycles. The highest BCUT2D eigenvalue weighted by Crippen LogP contribution is 2.32. The lowest BCUT2D eigenvalue weighted by molar-refractivity contribution is 0.00819. The summed E-state index contributed by atoms with van der Waals surface area (Å²) in [6.07, 6.45) is 0. The van der Waals surface area contributed by atoms with Crippen molar-refractivity contribution >= 4 is 24.0 Å². The van der Waals surface area contributed by atoms with Crippen LogP contribution in [0.1, 0.15) is 0 Å². The van der Waals surface area contributed by atoms with Crippen LogP contribution in [0.4, 0.5) is 13.2 Å². The molecule has 0 spiro atoms. The first kappa shape index (κ1) is 14.8. The molecule has 2 aromatic carbocycles. The Balaban J connectivity index is 0.000000357. The Bertz CT molecular complexity index is 512. The quantitative estimate of drug-likeness (QED) is 0.776. The van der Waals surface area contributed by atoms with E-state index in [2.05, 4.69) is 19.4 Å². The third kappa shape index (κ3) is 3.88. The van der Waals surface area contributed by atoms with E-state index < -0.39 is 6.68 Å². The molecule has 0 atom stereocenters. The number of alkyl halides is 3. The zero-order valence-electron chi connectivity index (χ0n) is 10.1. The highest BCUT2D eigenvalue weighted by atomic mass is 31.1. The van der Waals surface area contributed by atoms with E-state index >= 15 is 0 Å². The Kier molecular flexibility index (Phi) is 5.42. The van der Waals surface area contributed by atoms with Gasteiger partial charge in [0.25, 0.3) is 0 Å². The molecular formula is C13H14F3OP. The van der Waals surface area contributed by atoms with Gasteiger partial charge < -0.3 is 5.11 Å². The lowest BCUT2D eigenvalue weighted by Gasteiger charge is -2.10. The van der Waals surface area contributed by atoms with Crippen LogP contribution in [0.2, 0.25) is 0 Å². The summed E-state index contributed by atoms with van der Waals surface area (Å²) < 4.78 is 29.0. The second-order valence-corrected chi connectivity index (χ2v) is 6.06. The Morgan fingerprint density at radius 2 is 1.44 bits per heavy atom. The molecule has 0 aliphatic rings. The standard InChI is InChI=1S/C12H13OP.CHF3/c1-14(2)12-8-7-11(13)9-5-3-4-6-10(9)12;2-1(3)4/h3-8,13H,1-2H3;1H. The summed E-state index contributed by atoms with van der Waals surface area (Å²) in [5.41, 5.74) is 0. The zero-order chi connectivity index (χ0) is 13.7. The molecule has 5 heteroatoms. The van der Waals surface area contributed by atoms with Gasteiger partial charge in [-0.15, -0.1) is 0 Å². The number of rotatable bonds is 1. The molecule has 0 saturated heterocycles. The van der Waals surface area contributed by atoms with E-state index in [1.165, 1.54) is 10.7 Å². The van der Waals surface area contributed by atoms with E-state index in [9.17, 15) is 18.3 Å². The van der Waals surface area contributed by atoms with Crippen LogP contribution < -0.4 is 5.30 Å². The van der Waals surface area contributed by atoms with Crippen LogP contribution in [0.25, 0.3) is 10.8 Å². The van der Waals surface area contributed by atoms with Crippen molar-refractivity contribution in [2.24, 2.45) is 0 Å². The number of phenolic OH excluding ortho intramolecular Hbond substituents is 1. The van der Waals surface area contributed by atoms with Gasteiger partial charge in [-0.05, 0) is 30.1 Å². The van der Waals surface area contributed by atoms with Crippen molar-refractivity contribution in [3.05, 3.63) is 36.4 Å². The van der Waals surface area contributed by atoms with Crippen molar-refractivity contribution in [2.75, 3.05) is 13.3 Å². The molecule has 2 aromatic rings. The first-order valence-corrected chi connectivity index (χ1v) is 7.47. The third-order valence-corrected chi connectivity index (χ3v) is 3.71. The van der Waals surface area contributed by atoms with Crippen LogP contribution >= 0.6 is 7.92 Å². The lowest BCUT2D eigenvalue weighted by atomic mass is 10.1. The maximum absolute atomic E-state index is 9.68. The molecule has 0 bridgehead atoms. The summed E-state index contributed by atoms with van der Waals surface area (Å²) in [6.45, 7) is 0.794. The molecule has 0 fully saturated rings. The molecule has 18 heavy (non-hydrogen) atoms. The molecule has 1 N–H and O–H groups in total. The van der Waals surface area contributed by atoms with E-state index in [1.807, 2.05) is 24.3 Å². The largest absolute Gasteiger partial charge is 0.507 e. The van der Waals surface area contributed by atoms with E-state index in [1.54, 1.807) is 6.07 Å². The first-order valence-electron chi connectivity index (χ1n) is 5.23. The molecule has 0 saturated carbocycles. The van der Waals surface area contributed by atoms with Crippen LogP contribution in [0.5, 0.6) is 5.75 Å². The summed E-state index contributed by atoms with van der Waals surface area (Å²) in [4.78, 5) is 0. The van der Waals surface area contributed by atoms with Crippen LogP contribution in [-0.2, 0) is 0 Å². The molecule has 0 amide bonds. The molecular weight excluding hydrogens is 260 g/mol. The summed E-state index contributed by atoms with van der Waals surface area (Å²) in [7, 11) is -0.119. The first-order chi connectivity index (χ1) is 8.43. The topological polar surface area (TPSA) is 20.2 Å². The monoisotopic (exact) mass is 274 g/mol. The van der Waals surface area contributed by atoms with Crippen LogP contribution in [0.15, 0.2) is 36.4 Å². The van der Waals surface area contributed by atoms with E-state index in [0.717, 1.165) is 5.39 Å². The fourth-order valence-electron chi connectivity index (χ4n) is 1.66. The van der Waals surface area contributed by atoms with Gasteiger partial charge in [-0.2, -0.15) is 13.2 Å². The number of fused-ring (bicyclic) bond motifs is 1. The Hall–Kier alpha value is -1.28. The Labute approximate surface area is 105 Å². The van der Waals surface area contributed by atoms with Crippen molar-refractivity contribution in [3.8, 4) is 5.75 Å². The van der Waals surface area contributed by atoms with Gasteiger partial charge in [0.2, 0.25) is 0 Å². The van der Waals surface area contributed by atoms with Gasteiger partial charge in [0.05, 0.1) is 0 Å². The zero-order valence-corrected chi connectivity index (χ0v) is 11.0. The number of phenols is 1.